The van der Waals surface area contributed by atoms with Crippen LogP contribution in [-0.2, 0) is 0 Å². The van der Waals surface area contributed by atoms with Gasteiger partial charge in [-0.3, -0.25) is 0 Å². The number of nitrogens with one attached hydrogen (secondary N) is 1. The van der Waals surface area contributed by atoms with E-state index in [1.54, 1.807) is 0 Å². The van der Waals surface area contributed by atoms with E-state index in [4.69, 9.17) is 14.4 Å². The summed E-state index contributed by atoms with van der Waals surface area (Å²) in [6, 6.07) is 59.1. The van der Waals surface area contributed by atoms with Gasteiger partial charge in [-0.2, -0.15) is 0 Å². The Hall–Kier alpha value is -6.72. The van der Waals surface area contributed by atoms with Crippen molar-refractivity contribution in [1.29, 1.82) is 0 Å². The van der Waals surface area contributed by atoms with Gasteiger partial charge in [-0.05, 0) is 59.2 Å². The third-order valence-electron chi connectivity index (χ3n) is 9.66. The van der Waals surface area contributed by atoms with E-state index < -0.39 is 0 Å². The molecular formula is C45H30N4O. The van der Waals surface area contributed by atoms with E-state index in [1.807, 2.05) is 24.3 Å². The molecule has 0 aliphatic carbocycles. The van der Waals surface area contributed by atoms with E-state index in [-0.39, 0.29) is 6.17 Å². The maximum absolute atomic E-state index is 6.61. The summed E-state index contributed by atoms with van der Waals surface area (Å²) in [5.74, 6) is 1.43. The van der Waals surface area contributed by atoms with Crippen LogP contribution >= 0.6 is 0 Å². The monoisotopic (exact) mass is 642 g/mol. The van der Waals surface area contributed by atoms with Gasteiger partial charge in [0, 0.05) is 27.3 Å². The summed E-state index contributed by atoms with van der Waals surface area (Å²) in [6.07, 6.45) is -0.299. The highest BCUT2D eigenvalue weighted by molar-refractivity contribution is 6.17. The van der Waals surface area contributed by atoms with Crippen molar-refractivity contribution in [3.63, 3.8) is 0 Å². The summed E-state index contributed by atoms with van der Waals surface area (Å²) < 4.78 is 8.97. The van der Waals surface area contributed by atoms with Crippen molar-refractivity contribution in [2.75, 3.05) is 0 Å². The van der Waals surface area contributed by atoms with Crippen molar-refractivity contribution in [3.05, 3.63) is 187 Å². The summed E-state index contributed by atoms with van der Waals surface area (Å²) >= 11 is 0. The number of hydrogen-bond donors (Lipinski definition) is 1. The maximum atomic E-state index is 6.61. The SMILES string of the molecule is c1ccc(-c2cccc(C3=NC(c4ccccc4)NC(c4ccc5c(c4)oc4cccc(-n6c7ccccc7c7ccccc76)c45)=N3)c2)cc1. The molecule has 1 N–H and O–H groups in total. The number of fused-ring (bicyclic) bond motifs is 6. The number of hydrogen-bond acceptors (Lipinski definition) is 4. The van der Waals surface area contributed by atoms with Crippen molar-refractivity contribution < 1.29 is 4.42 Å². The molecule has 10 rings (SSSR count). The molecular weight excluding hydrogens is 613 g/mol. The first-order chi connectivity index (χ1) is 24.8. The second-order valence-electron chi connectivity index (χ2n) is 12.7. The van der Waals surface area contributed by atoms with E-state index >= 15 is 0 Å². The molecule has 0 amide bonds. The van der Waals surface area contributed by atoms with Gasteiger partial charge in [-0.15, -0.1) is 0 Å². The van der Waals surface area contributed by atoms with Crippen LogP contribution in [0.25, 0.3) is 60.6 Å². The third kappa shape index (κ3) is 4.63. The lowest BCUT2D eigenvalue weighted by Gasteiger charge is -2.23. The zero-order valence-corrected chi connectivity index (χ0v) is 27.0. The number of aromatic nitrogens is 1. The van der Waals surface area contributed by atoms with Crippen LogP contribution in [0.5, 0.6) is 0 Å². The maximum Gasteiger partial charge on any atom is 0.159 e. The van der Waals surface area contributed by atoms with E-state index in [9.17, 15) is 0 Å². The molecule has 0 fully saturated rings. The molecule has 1 unspecified atom stereocenters. The van der Waals surface area contributed by atoms with Crippen LogP contribution in [0.1, 0.15) is 22.9 Å². The molecule has 3 heterocycles. The highest BCUT2D eigenvalue weighted by Gasteiger charge is 2.23. The second-order valence-corrected chi connectivity index (χ2v) is 12.7. The first-order valence-electron chi connectivity index (χ1n) is 16.9. The van der Waals surface area contributed by atoms with Crippen LogP contribution in [0.2, 0.25) is 0 Å². The van der Waals surface area contributed by atoms with Crippen LogP contribution in [0.3, 0.4) is 0 Å². The van der Waals surface area contributed by atoms with Gasteiger partial charge >= 0.3 is 0 Å². The number of para-hydroxylation sites is 2. The molecule has 50 heavy (non-hydrogen) atoms. The van der Waals surface area contributed by atoms with Crippen LogP contribution in [0.15, 0.2) is 184 Å². The molecule has 1 atom stereocenters. The largest absolute Gasteiger partial charge is 0.456 e. The minimum atomic E-state index is -0.299. The van der Waals surface area contributed by atoms with Gasteiger partial charge < -0.3 is 14.3 Å². The first kappa shape index (κ1) is 28.3. The lowest BCUT2D eigenvalue weighted by Crippen LogP contribution is -2.33. The molecule has 5 nitrogen and oxygen atoms in total. The highest BCUT2D eigenvalue weighted by Crippen LogP contribution is 2.39. The van der Waals surface area contributed by atoms with Crippen molar-refractivity contribution in [1.82, 2.24) is 9.88 Å². The van der Waals surface area contributed by atoms with Crippen molar-refractivity contribution in [2.45, 2.75) is 6.17 Å². The topological polar surface area (TPSA) is 54.8 Å². The summed E-state index contributed by atoms with van der Waals surface area (Å²) in [5.41, 5.74) is 10.3. The smallest absolute Gasteiger partial charge is 0.159 e. The Bertz CT molecular complexity index is 2740. The number of furan rings is 1. The quantitative estimate of drug-likeness (QED) is 0.203. The third-order valence-corrected chi connectivity index (χ3v) is 9.66. The fraction of sp³-hybridized carbons (Fsp3) is 0.0222. The lowest BCUT2D eigenvalue weighted by molar-refractivity contribution is 0.666. The summed E-state index contributed by atoms with van der Waals surface area (Å²) in [6.45, 7) is 0. The average Bonchev–Trinajstić information content (AvgIpc) is 3.74. The lowest BCUT2D eigenvalue weighted by atomic mass is 10.0. The van der Waals surface area contributed by atoms with Crippen molar-refractivity contribution >= 4 is 55.4 Å². The van der Waals surface area contributed by atoms with E-state index in [0.717, 1.165) is 61.3 Å². The highest BCUT2D eigenvalue weighted by atomic mass is 16.3. The summed E-state index contributed by atoms with van der Waals surface area (Å²) in [5, 5.41) is 8.23. The van der Waals surface area contributed by atoms with Gasteiger partial charge in [0.05, 0.1) is 22.1 Å². The van der Waals surface area contributed by atoms with Crippen LogP contribution < -0.4 is 5.32 Å². The Balaban J connectivity index is 1.11. The van der Waals surface area contributed by atoms with Gasteiger partial charge in [0.1, 0.15) is 23.2 Å². The van der Waals surface area contributed by atoms with Gasteiger partial charge in [0.2, 0.25) is 0 Å². The average molecular weight is 643 g/mol. The Labute approximate surface area is 288 Å². The standard InChI is InChI=1S/C45H30N4O/c1-3-13-29(14-4-1)31-17-11-18-32(27-31)44-46-43(30-15-5-2-6-16-30)47-45(48-44)33-25-26-36-41(28-33)50-40-24-12-23-39(42(36)40)49-37-21-9-7-19-34(37)35-20-8-10-22-38(35)49/h1-28,43H,(H,46,47,48). The number of aliphatic imine (C=N–C) groups is 2. The first-order valence-corrected chi connectivity index (χ1v) is 16.9. The van der Waals surface area contributed by atoms with E-state index in [2.05, 4.69) is 155 Å². The molecule has 0 saturated heterocycles. The van der Waals surface area contributed by atoms with Crippen molar-refractivity contribution in [2.24, 2.45) is 9.98 Å². The van der Waals surface area contributed by atoms with Gasteiger partial charge in [-0.25, -0.2) is 9.98 Å². The number of rotatable bonds is 5. The Kier molecular flexibility index (Phi) is 6.49. The fourth-order valence-corrected chi connectivity index (χ4v) is 7.32. The molecule has 5 heteroatoms. The molecule has 1 aliphatic heterocycles. The molecule has 0 radical (unpaired) electrons. The fourth-order valence-electron chi connectivity index (χ4n) is 7.32. The van der Waals surface area contributed by atoms with Crippen molar-refractivity contribution in [3.8, 4) is 16.8 Å². The predicted molar refractivity (Wildman–Crippen MR) is 205 cm³/mol. The van der Waals surface area contributed by atoms with Crippen LogP contribution in [0.4, 0.5) is 0 Å². The zero-order valence-electron chi connectivity index (χ0n) is 27.0. The number of nitrogens with zero attached hydrogens (tertiary/aromatic N) is 3. The number of amidine groups is 2. The molecule has 0 spiro atoms. The van der Waals surface area contributed by atoms with Crippen LogP contribution in [-0.4, -0.2) is 16.2 Å². The number of benzene rings is 7. The van der Waals surface area contributed by atoms with E-state index in [1.165, 1.54) is 21.8 Å². The van der Waals surface area contributed by atoms with Gasteiger partial charge in [0.15, 0.2) is 5.84 Å². The Morgan fingerprint density at radius 1 is 0.500 bits per heavy atom. The second kappa shape index (κ2) is 11.5. The normalized spacial score (nSPS) is 14.6. The molecule has 236 valence electrons. The predicted octanol–water partition coefficient (Wildman–Crippen LogP) is 10.8. The molecule has 0 saturated carbocycles. The summed E-state index contributed by atoms with van der Waals surface area (Å²) in [4.78, 5) is 10.2. The Morgan fingerprint density at radius 2 is 1.16 bits per heavy atom. The minimum Gasteiger partial charge on any atom is -0.456 e. The molecule has 1 aliphatic rings. The minimum absolute atomic E-state index is 0.299. The molecule has 9 aromatic rings. The molecule has 2 aromatic heterocycles. The van der Waals surface area contributed by atoms with E-state index in [0.29, 0.717) is 5.84 Å². The van der Waals surface area contributed by atoms with Gasteiger partial charge in [0.25, 0.3) is 0 Å². The Morgan fingerprint density at radius 3 is 1.94 bits per heavy atom. The van der Waals surface area contributed by atoms with Crippen LogP contribution in [0, 0.1) is 0 Å². The molecule has 7 aromatic carbocycles. The van der Waals surface area contributed by atoms with Gasteiger partial charge in [-0.1, -0.05) is 127 Å². The zero-order chi connectivity index (χ0) is 33.0. The summed E-state index contributed by atoms with van der Waals surface area (Å²) in [7, 11) is 0. The molecule has 0 bridgehead atoms.